The van der Waals surface area contributed by atoms with E-state index in [2.05, 4.69) is 10.8 Å². The molecule has 0 aromatic carbocycles. The Kier molecular flexibility index (Phi) is 7.01. The van der Waals surface area contributed by atoms with Crippen molar-refractivity contribution in [3.63, 3.8) is 0 Å². The van der Waals surface area contributed by atoms with Crippen molar-refractivity contribution in [2.24, 2.45) is 5.29 Å². The Hall–Kier alpha value is -0.0600. The highest BCUT2D eigenvalue weighted by molar-refractivity contribution is 6.18. The highest BCUT2D eigenvalue weighted by Crippen LogP contribution is 1.86. The Morgan fingerprint density at radius 2 is 1.80 bits per heavy atom. The molecule has 0 aliphatic heterocycles. The van der Waals surface area contributed by atoms with Crippen LogP contribution in [0.5, 0.6) is 0 Å². The first-order valence-electron chi connectivity index (χ1n) is 2.80. The van der Waals surface area contributed by atoms with Crippen molar-refractivity contribution in [2.45, 2.75) is 0 Å². The average Bonchev–Trinajstić information content (AvgIpc) is 1.90. The summed E-state index contributed by atoms with van der Waals surface area (Å²) in [6.45, 7) is 1.11. The molecule has 0 bridgehead atoms. The Bertz CT molecular complexity index is 86.6. The van der Waals surface area contributed by atoms with Crippen molar-refractivity contribution in [3.05, 3.63) is 4.91 Å². The van der Waals surface area contributed by atoms with Crippen LogP contribution in [0.25, 0.3) is 0 Å². The van der Waals surface area contributed by atoms with Crippen molar-refractivity contribution in [1.29, 1.82) is 0 Å². The number of rotatable bonds is 6. The largest absolute Gasteiger partial charge is 0.203 e. The number of nitroso groups, excluding NO2 is 1. The van der Waals surface area contributed by atoms with Gasteiger partial charge < -0.3 is 0 Å². The van der Waals surface area contributed by atoms with Crippen LogP contribution in [0.15, 0.2) is 5.29 Å². The molecule has 0 aromatic heterocycles. The van der Waals surface area contributed by atoms with Gasteiger partial charge in [-0.25, -0.2) is 10.5 Å². The Balaban J connectivity index is 3.38. The third kappa shape index (κ3) is 4.78. The quantitative estimate of drug-likeness (QED) is 0.381. The smallest absolute Gasteiger partial charge is 0.0658 e. The van der Waals surface area contributed by atoms with Crippen LogP contribution in [0.1, 0.15) is 0 Å². The predicted molar refractivity (Wildman–Crippen MR) is 41.9 cm³/mol. The maximum Gasteiger partial charge on any atom is 0.0658 e. The lowest BCUT2D eigenvalue weighted by Gasteiger charge is -2.15. The van der Waals surface area contributed by atoms with E-state index in [0.29, 0.717) is 24.8 Å². The minimum atomic E-state index is 0.444. The molecular formula is C4H9Cl2N3O. The molecule has 0 saturated carbocycles. The summed E-state index contributed by atoms with van der Waals surface area (Å²) >= 11 is 10.8. The molecule has 0 aliphatic rings. The van der Waals surface area contributed by atoms with Crippen LogP contribution in [0.2, 0.25) is 0 Å². The minimum Gasteiger partial charge on any atom is -0.203 e. The molecule has 4 nitrogen and oxygen atoms in total. The number of nitrogens with one attached hydrogen (secondary N) is 1. The zero-order valence-electron chi connectivity index (χ0n) is 5.39. The lowest BCUT2D eigenvalue weighted by Crippen LogP contribution is -2.37. The molecule has 0 fully saturated rings. The maximum atomic E-state index is 9.68. The summed E-state index contributed by atoms with van der Waals surface area (Å²) in [7, 11) is 0. The number of hydrogen-bond acceptors (Lipinski definition) is 3. The molecule has 0 heterocycles. The summed E-state index contributed by atoms with van der Waals surface area (Å²) in [6, 6.07) is 0. The maximum absolute atomic E-state index is 9.68. The van der Waals surface area contributed by atoms with Gasteiger partial charge >= 0.3 is 0 Å². The zero-order chi connectivity index (χ0) is 7.82. The second-order valence-electron chi connectivity index (χ2n) is 1.56. The molecule has 0 saturated heterocycles. The number of alkyl halides is 2. The van der Waals surface area contributed by atoms with Gasteiger partial charge in [0.05, 0.1) is 5.29 Å². The highest BCUT2D eigenvalue weighted by Gasteiger charge is 1.99. The molecule has 0 atom stereocenters. The molecule has 10 heavy (non-hydrogen) atoms. The van der Waals surface area contributed by atoms with E-state index >= 15 is 0 Å². The fraction of sp³-hybridized carbons (Fsp3) is 1.00. The molecule has 6 heteroatoms. The lowest BCUT2D eigenvalue weighted by molar-refractivity contribution is 0.215. The monoisotopic (exact) mass is 185 g/mol. The van der Waals surface area contributed by atoms with E-state index in [0.717, 1.165) is 0 Å². The van der Waals surface area contributed by atoms with Crippen LogP contribution < -0.4 is 5.53 Å². The van der Waals surface area contributed by atoms with Gasteiger partial charge in [0.25, 0.3) is 0 Å². The van der Waals surface area contributed by atoms with Crippen molar-refractivity contribution in [1.82, 2.24) is 10.5 Å². The fourth-order valence-corrected chi connectivity index (χ4v) is 0.882. The van der Waals surface area contributed by atoms with Gasteiger partial charge in [0.15, 0.2) is 0 Å². The van der Waals surface area contributed by atoms with Gasteiger partial charge in [-0.1, -0.05) is 0 Å². The Morgan fingerprint density at radius 1 is 1.30 bits per heavy atom. The molecule has 1 N–H and O–H groups in total. The first-order valence-corrected chi connectivity index (χ1v) is 3.87. The van der Waals surface area contributed by atoms with Crippen LogP contribution in [0.3, 0.4) is 0 Å². The van der Waals surface area contributed by atoms with Gasteiger partial charge in [0.1, 0.15) is 0 Å². The fourth-order valence-electron chi connectivity index (χ4n) is 0.474. The van der Waals surface area contributed by atoms with E-state index in [4.69, 9.17) is 23.2 Å². The van der Waals surface area contributed by atoms with Gasteiger partial charge in [0, 0.05) is 24.8 Å². The number of hydrazine groups is 1. The second-order valence-corrected chi connectivity index (χ2v) is 2.31. The minimum absolute atomic E-state index is 0.444. The second kappa shape index (κ2) is 7.05. The zero-order valence-corrected chi connectivity index (χ0v) is 6.90. The van der Waals surface area contributed by atoms with Gasteiger partial charge in [0.2, 0.25) is 0 Å². The molecule has 60 valence electrons. The number of halogens is 2. The van der Waals surface area contributed by atoms with Crippen LogP contribution in [0, 0.1) is 4.91 Å². The summed E-state index contributed by atoms with van der Waals surface area (Å²) in [6.07, 6.45) is 0. The summed E-state index contributed by atoms with van der Waals surface area (Å²) in [4.78, 5) is 9.68. The van der Waals surface area contributed by atoms with Crippen molar-refractivity contribution >= 4 is 23.2 Å². The van der Waals surface area contributed by atoms with E-state index in [1.165, 1.54) is 0 Å². The van der Waals surface area contributed by atoms with E-state index in [-0.39, 0.29) is 0 Å². The Labute approximate surface area is 69.4 Å². The van der Waals surface area contributed by atoms with Crippen molar-refractivity contribution in [2.75, 3.05) is 24.8 Å². The van der Waals surface area contributed by atoms with Crippen molar-refractivity contribution in [3.8, 4) is 0 Å². The van der Waals surface area contributed by atoms with E-state index < -0.39 is 0 Å². The van der Waals surface area contributed by atoms with Gasteiger partial charge in [-0.15, -0.1) is 28.1 Å². The molecule has 0 aliphatic carbocycles. The van der Waals surface area contributed by atoms with Crippen LogP contribution in [-0.4, -0.2) is 29.9 Å². The lowest BCUT2D eigenvalue weighted by atomic mass is 10.6. The molecule has 0 aromatic rings. The first-order chi connectivity index (χ1) is 4.85. The van der Waals surface area contributed by atoms with Gasteiger partial charge in [-0.05, 0) is 0 Å². The van der Waals surface area contributed by atoms with E-state index in [1.54, 1.807) is 5.01 Å². The van der Waals surface area contributed by atoms with Gasteiger partial charge in [-0.3, -0.25) is 0 Å². The standard InChI is InChI=1S/C4H9Cl2N3O/c5-1-3-9(4-2-6)7-8-10/h1-4H2,(H,7,10). The average molecular weight is 186 g/mol. The Morgan fingerprint density at radius 3 is 2.10 bits per heavy atom. The van der Waals surface area contributed by atoms with Crippen LogP contribution in [0.4, 0.5) is 0 Å². The third-order valence-corrected chi connectivity index (χ3v) is 1.23. The molecule has 0 rings (SSSR count). The number of hydrogen-bond donors (Lipinski definition) is 1. The summed E-state index contributed by atoms with van der Waals surface area (Å²) < 4.78 is 0. The van der Waals surface area contributed by atoms with Crippen LogP contribution >= 0.6 is 23.2 Å². The topological polar surface area (TPSA) is 44.7 Å². The highest BCUT2D eigenvalue weighted by atomic mass is 35.5. The van der Waals surface area contributed by atoms with E-state index in [1.807, 2.05) is 0 Å². The normalized spacial score (nSPS) is 9.90. The molecule has 0 unspecified atom stereocenters. The SMILES string of the molecule is O=NNN(CCCl)CCCl. The molecule has 0 spiro atoms. The van der Waals surface area contributed by atoms with Gasteiger partial charge in [-0.2, -0.15) is 0 Å². The predicted octanol–water partition coefficient (Wildman–Crippen LogP) is 0.952. The summed E-state index contributed by atoms with van der Waals surface area (Å²) in [5, 5.41) is 4.03. The van der Waals surface area contributed by atoms with Crippen LogP contribution in [-0.2, 0) is 0 Å². The third-order valence-electron chi connectivity index (χ3n) is 0.891. The number of nitrogens with zero attached hydrogens (tertiary/aromatic N) is 2. The summed E-state index contributed by atoms with van der Waals surface area (Å²) in [5.74, 6) is 0.888. The van der Waals surface area contributed by atoms with Crippen molar-refractivity contribution < 1.29 is 0 Å². The molecular weight excluding hydrogens is 177 g/mol. The van der Waals surface area contributed by atoms with E-state index in [9.17, 15) is 4.91 Å². The molecule has 0 radical (unpaired) electrons. The molecule has 0 amide bonds. The first kappa shape index (κ1) is 9.94. The summed E-state index contributed by atoms with van der Waals surface area (Å²) in [5.41, 5.74) is 2.22.